The van der Waals surface area contributed by atoms with Gasteiger partial charge >= 0.3 is 5.97 Å². The quantitative estimate of drug-likeness (QED) is 0.650. The number of hydrogen-bond donors (Lipinski definition) is 2. The fourth-order valence-corrected chi connectivity index (χ4v) is 2.13. The number of unbranched alkanes of at least 4 members (excludes halogenated alkanes) is 5. The van der Waals surface area contributed by atoms with E-state index in [1.165, 1.54) is 31.7 Å². The molecule has 0 unspecified atom stereocenters. The molecule has 21 heavy (non-hydrogen) atoms. The Morgan fingerprint density at radius 2 is 1.76 bits per heavy atom. The Labute approximate surface area is 125 Å². The molecule has 5 heteroatoms. The van der Waals surface area contributed by atoms with Gasteiger partial charge in [0, 0.05) is 18.0 Å². The van der Waals surface area contributed by atoms with E-state index in [0.717, 1.165) is 19.3 Å². The normalized spacial score (nSPS) is 11.9. The summed E-state index contributed by atoms with van der Waals surface area (Å²) in [4.78, 5) is 27.0. The molecule has 0 bridgehead atoms. The predicted molar refractivity (Wildman–Crippen MR) is 81.1 cm³/mol. The molecule has 1 atom stereocenters. The number of carboxylic acid groups (broad SMARTS) is 1. The van der Waals surface area contributed by atoms with E-state index in [2.05, 4.69) is 17.2 Å². The van der Waals surface area contributed by atoms with Gasteiger partial charge in [-0.1, -0.05) is 45.4 Å². The van der Waals surface area contributed by atoms with Crippen LogP contribution in [0, 0.1) is 0 Å². The molecule has 0 saturated heterocycles. The van der Waals surface area contributed by atoms with Crippen LogP contribution in [0.2, 0.25) is 0 Å². The number of rotatable bonds is 10. The molecule has 0 aliphatic heterocycles. The summed E-state index contributed by atoms with van der Waals surface area (Å²) in [5.41, 5.74) is 0.430. The number of nitrogens with zero attached hydrogens (tertiary/aromatic N) is 1. The van der Waals surface area contributed by atoms with Crippen LogP contribution in [0.3, 0.4) is 0 Å². The second kappa shape index (κ2) is 9.91. The van der Waals surface area contributed by atoms with Crippen molar-refractivity contribution in [2.45, 2.75) is 57.9 Å². The SMILES string of the molecule is CCCCCCCC[C@H](NC(=O)c1ccncc1)C(=O)O. The molecule has 2 N–H and O–H groups in total. The largest absolute Gasteiger partial charge is 0.480 e. The van der Waals surface area contributed by atoms with Crippen LogP contribution in [0.15, 0.2) is 24.5 Å². The molecule has 0 fully saturated rings. The standard InChI is InChI=1S/C16H24N2O3/c1-2-3-4-5-6-7-8-14(16(20)21)18-15(19)13-9-11-17-12-10-13/h9-12,14H,2-8H2,1H3,(H,18,19)(H,20,21)/t14-/m0/s1. The Hall–Kier alpha value is -1.91. The van der Waals surface area contributed by atoms with Gasteiger partial charge in [-0.2, -0.15) is 0 Å². The molecule has 0 saturated carbocycles. The highest BCUT2D eigenvalue weighted by Gasteiger charge is 2.19. The Kier molecular flexibility index (Phi) is 8.09. The Morgan fingerprint density at radius 1 is 1.14 bits per heavy atom. The van der Waals surface area contributed by atoms with Crippen LogP contribution in [0.4, 0.5) is 0 Å². The van der Waals surface area contributed by atoms with Gasteiger partial charge in [0.1, 0.15) is 6.04 Å². The summed E-state index contributed by atoms with van der Waals surface area (Å²) in [6.45, 7) is 2.16. The third-order valence-corrected chi connectivity index (χ3v) is 3.39. The van der Waals surface area contributed by atoms with E-state index in [4.69, 9.17) is 0 Å². The minimum atomic E-state index is -0.981. The molecular formula is C16H24N2O3. The monoisotopic (exact) mass is 292 g/mol. The van der Waals surface area contributed by atoms with E-state index in [1.807, 2.05) is 0 Å². The number of hydrogen-bond acceptors (Lipinski definition) is 3. The van der Waals surface area contributed by atoms with Gasteiger partial charge in [0.2, 0.25) is 0 Å². The lowest BCUT2D eigenvalue weighted by atomic mass is 10.1. The lowest BCUT2D eigenvalue weighted by Crippen LogP contribution is -2.40. The van der Waals surface area contributed by atoms with Gasteiger partial charge in [-0.05, 0) is 18.6 Å². The summed E-state index contributed by atoms with van der Waals surface area (Å²) in [6.07, 6.45) is 10.1. The van der Waals surface area contributed by atoms with Gasteiger partial charge in [0.15, 0.2) is 0 Å². The second-order valence-electron chi connectivity index (χ2n) is 5.16. The van der Waals surface area contributed by atoms with Crippen molar-refractivity contribution in [3.8, 4) is 0 Å². The minimum Gasteiger partial charge on any atom is -0.480 e. The smallest absolute Gasteiger partial charge is 0.326 e. The van der Waals surface area contributed by atoms with Crippen LogP contribution >= 0.6 is 0 Å². The topological polar surface area (TPSA) is 79.3 Å². The molecule has 116 valence electrons. The number of aromatic nitrogens is 1. The number of pyridine rings is 1. The van der Waals surface area contributed by atoms with E-state index < -0.39 is 12.0 Å². The molecule has 1 aromatic heterocycles. The van der Waals surface area contributed by atoms with E-state index in [-0.39, 0.29) is 5.91 Å². The van der Waals surface area contributed by atoms with Gasteiger partial charge in [-0.3, -0.25) is 9.78 Å². The molecule has 0 aliphatic carbocycles. The number of aliphatic carboxylic acids is 1. The van der Waals surface area contributed by atoms with Gasteiger partial charge in [-0.15, -0.1) is 0 Å². The summed E-state index contributed by atoms with van der Waals surface area (Å²) >= 11 is 0. The van der Waals surface area contributed by atoms with Crippen molar-refractivity contribution in [1.82, 2.24) is 10.3 Å². The van der Waals surface area contributed by atoms with Crippen LogP contribution in [-0.2, 0) is 4.79 Å². The average Bonchev–Trinajstić information content (AvgIpc) is 2.50. The van der Waals surface area contributed by atoms with Crippen LogP contribution in [-0.4, -0.2) is 28.0 Å². The summed E-state index contributed by atoms with van der Waals surface area (Å²) in [5, 5.41) is 11.8. The Morgan fingerprint density at radius 3 is 2.38 bits per heavy atom. The summed E-state index contributed by atoms with van der Waals surface area (Å²) in [6, 6.07) is 2.31. The summed E-state index contributed by atoms with van der Waals surface area (Å²) < 4.78 is 0. The zero-order valence-electron chi connectivity index (χ0n) is 12.5. The van der Waals surface area contributed by atoms with Crippen molar-refractivity contribution in [2.24, 2.45) is 0 Å². The van der Waals surface area contributed by atoms with Crippen LogP contribution < -0.4 is 5.32 Å². The van der Waals surface area contributed by atoms with E-state index in [1.54, 1.807) is 12.1 Å². The lowest BCUT2D eigenvalue weighted by Gasteiger charge is -2.14. The van der Waals surface area contributed by atoms with Crippen LogP contribution in [0.1, 0.15) is 62.2 Å². The molecule has 1 amide bonds. The minimum absolute atomic E-state index is 0.365. The number of carboxylic acids is 1. The molecular weight excluding hydrogens is 268 g/mol. The van der Waals surface area contributed by atoms with Crippen molar-refractivity contribution in [2.75, 3.05) is 0 Å². The maximum Gasteiger partial charge on any atom is 0.326 e. The van der Waals surface area contributed by atoms with Gasteiger partial charge in [0.05, 0.1) is 0 Å². The fourth-order valence-electron chi connectivity index (χ4n) is 2.13. The Bertz CT molecular complexity index is 434. The zero-order chi connectivity index (χ0) is 15.5. The first-order valence-electron chi connectivity index (χ1n) is 7.58. The highest BCUT2D eigenvalue weighted by molar-refractivity contribution is 5.96. The summed E-state index contributed by atoms with van der Waals surface area (Å²) in [5.74, 6) is -1.35. The molecule has 1 rings (SSSR count). The molecule has 0 spiro atoms. The number of amides is 1. The number of carbonyl (C=O) groups is 2. The summed E-state index contributed by atoms with van der Waals surface area (Å²) in [7, 11) is 0. The molecule has 0 radical (unpaired) electrons. The highest BCUT2D eigenvalue weighted by atomic mass is 16.4. The average molecular weight is 292 g/mol. The second-order valence-corrected chi connectivity index (χ2v) is 5.16. The number of carbonyl (C=O) groups excluding carboxylic acids is 1. The van der Waals surface area contributed by atoms with Crippen molar-refractivity contribution in [3.05, 3.63) is 30.1 Å². The zero-order valence-corrected chi connectivity index (χ0v) is 12.5. The molecule has 0 aliphatic rings. The highest BCUT2D eigenvalue weighted by Crippen LogP contribution is 2.09. The third kappa shape index (κ3) is 6.88. The van der Waals surface area contributed by atoms with Crippen molar-refractivity contribution >= 4 is 11.9 Å². The Balaban J connectivity index is 2.36. The van der Waals surface area contributed by atoms with E-state index in [0.29, 0.717) is 12.0 Å². The van der Waals surface area contributed by atoms with Crippen molar-refractivity contribution in [3.63, 3.8) is 0 Å². The van der Waals surface area contributed by atoms with Gasteiger partial charge in [-0.25, -0.2) is 4.79 Å². The lowest BCUT2D eigenvalue weighted by molar-refractivity contribution is -0.139. The molecule has 1 aromatic rings. The molecule has 1 heterocycles. The third-order valence-electron chi connectivity index (χ3n) is 3.39. The first kappa shape index (κ1) is 17.1. The first-order chi connectivity index (χ1) is 10.1. The predicted octanol–water partition coefficient (Wildman–Crippen LogP) is 3.02. The molecule has 5 nitrogen and oxygen atoms in total. The molecule has 0 aromatic carbocycles. The number of nitrogens with one attached hydrogen (secondary N) is 1. The van der Waals surface area contributed by atoms with Crippen LogP contribution in [0.5, 0.6) is 0 Å². The van der Waals surface area contributed by atoms with Crippen LogP contribution in [0.25, 0.3) is 0 Å². The van der Waals surface area contributed by atoms with Crippen molar-refractivity contribution in [1.29, 1.82) is 0 Å². The van der Waals surface area contributed by atoms with E-state index >= 15 is 0 Å². The van der Waals surface area contributed by atoms with Gasteiger partial charge in [0.25, 0.3) is 5.91 Å². The van der Waals surface area contributed by atoms with E-state index in [9.17, 15) is 14.7 Å². The first-order valence-corrected chi connectivity index (χ1v) is 7.58. The maximum atomic E-state index is 11.9. The fraction of sp³-hybridized carbons (Fsp3) is 0.562. The van der Waals surface area contributed by atoms with Gasteiger partial charge < -0.3 is 10.4 Å². The maximum absolute atomic E-state index is 11.9. The van der Waals surface area contributed by atoms with Crippen molar-refractivity contribution < 1.29 is 14.7 Å².